The number of aliphatic carboxylic acids is 2. The third-order valence-corrected chi connectivity index (χ3v) is 12.6. The lowest BCUT2D eigenvalue weighted by molar-refractivity contribution is -0.144. The number of carbonyl (C=O) groups is 11. The Kier molecular flexibility index (Phi) is 26.6. The molecule has 9 amide bonds. The number of benzene rings is 2. The second-order valence-corrected chi connectivity index (χ2v) is 21.7. The number of nitrogens with two attached hydrogens (primary N) is 2. The fourth-order valence-corrected chi connectivity index (χ4v) is 8.63. The fourth-order valence-electron chi connectivity index (χ4n) is 8.63. The highest BCUT2D eigenvalue weighted by Crippen LogP contribution is 2.20. The van der Waals surface area contributed by atoms with Gasteiger partial charge < -0.3 is 74.3 Å². The number of H-pyrrole nitrogens is 1. The van der Waals surface area contributed by atoms with Gasteiger partial charge in [-0.25, -0.2) is 4.79 Å². The minimum atomic E-state index is -1.74. The summed E-state index contributed by atoms with van der Waals surface area (Å²) in [5.74, 6) is -11.6. The van der Waals surface area contributed by atoms with Gasteiger partial charge in [-0.05, 0) is 91.5 Å². The number of rotatable bonds is 34. The number of carboxylic acid groups (broad SMARTS) is 2. The van der Waals surface area contributed by atoms with Crippen LogP contribution in [0.1, 0.15) is 111 Å². The van der Waals surface area contributed by atoms with Gasteiger partial charge in [-0.1, -0.05) is 85.7 Å². The molecule has 0 aliphatic carbocycles. The minimum Gasteiger partial charge on any atom is -0.508 e. The quantitative estimate of drug-likeness (QED) is 0.0387. The SMILES string of the molecule is CC(C)C[C@H](NC(=O)CNC(=O)[C@@H](N)Cc1c[nH]c2ccccc12)C(=O)N[C@@H](CC(C)C)C(=O)N[C@@H](Cc1ccc(O)cc1)C(=O)N[C@@H](CC(C)C)C(=O)N[C@@H](CCC(=O)O)C(=O)N[C@@H](CC(C)C)C(=O)N[C@@H](CC(N)=O)C(=O)O. The first kappa shape index (κ1) is 66.2. The summed E-state index contributed by atoms with van der Waals surface area (Å²) in [6.45, 7) is 13.6. The lowest BCUT2D eigenvalue weighted by Gasteiger charge is -2.29. The summed E-state index contributed by atoms with van der Waals surface area (Å²) in [6.07, 6.45) is -0.0537. The topological polar surface area (TPSA) is 413 Å². The van der Waals surface area contributed by atoms with Gasteiger partial charge in [0, 0.05) is 29.9 Å². The molecule has 0 saturated heterocycles. The average Bonchev–Trinajstić information content (AvgIpc) is 3.77. The van der Waals surface area contributed by atoms with Crippen molar-refractivity contribution in [2.75, 3.05) is 6.54 Å². The van der Waals surface area contributed by atoms with Gasteiger partial charge >= 0.3 is 11.9 Å². The highest BCUT2D eigenvalue weighted by atomic mass is 16.4. The molecule has 0 saturated carbocycles. The zero-order valence-corrected chi connectivity index (χ0v) is 46.7. The maximum absolute atomic E-state index is 14.5. The highest BCUT2D eigenvalue weighted by molar-refractivity contribution is 5.98. The second kappa shape index (κ2) is 32.1. The van der Waals surface area contributed by atoms with Crippen molar-refractivity contribution in [1.29, 1.82) is 0 Å². The number of carboxylic acids is 2. The largest absolute Gasteiger partial charge is 0.508 e. The van der Waals surface area contributed by atoms with Crippen molar-refractivity contribution in [3.8, 4) is 5.75 Å². The molecule has 0 bridgehead atoms. The Morgan fingerprint density at radius 3 is 1.41 bits per heavy atom. The van der Waals surface area contributed by atoms with Crippen LogP contribution in [-0.4, -0.2) is 140 Å². The number of nitrogens with one attached hydrogen (secondary N) is 9. The van der Waals surface area contributed by atoms with E-state index in [9.17, 15) is 68.1 Å². The number of carbonyl (C=O) groups excluding carboxylic acids is 9. The molecule has 0 fully saturated rings. The van der Waals surface area contributed by atoms with E-state index in [1.165, 1.54) is 24.3 Å². The summed E-state index contributed by atoms with van der Waals surface area (Å²) < 4.78 is 0. The molecular weight excluding hydrogens is 1040 g/mol. The number of hydrogen-bond acceptors (Lipinski definition) is 13. The third-order valence-electron chi connectivity index (χ3n) is 12.6. The fraction of sp³-hybridized carbons (Fsp3) is 0.545. The standard InChI is InChI=1S/C55H81N11O14/c1-28(2)19-39(60-46(69)27-59-48(72)36(56)24-33-26-58-37-12-10-9-11-35(33)37)50(74)63-41(21-30(5)6)52(76)65-43(23-32-13-15-34(67)16-14-32)54(78)64-40(20-29(3)4)51(75)61-38(17-18-47(70)71)49(73)62-42(22-31(7)8)53(77)66-44(55(79)80)25-45(57)68/h9-16,26,28-31,36,38-44,58,67H,17-25,27,56H2,1-8H3,(H2,57,68)(H,59,72)(H,60,69)(H,61,75)(H,62,73)(H,63,74)(H,64,78)(H,65,76)(H,66,77)(H,70,71)(H,79,80)/t36-,38-,39-,40-,41-,42-,43-,44-/m0/s1. The van der Waals surface area contributed by atoms with E-state index in [-0.39, 0.29) is 67.9 Å². The van der Waals surface area contributed by atoms with Gasteiger partial charge in [0.25, 0.3) is 0 Å². The lowest BCUT2D eigenvalue weighted by atomic mass is 9.98. The highest BCUT2D eigenvalue weighted by Gasteiger charge is 2.36. The van der Waals surface area contributed by atoms with Crippen molar-refractivity contribution < 1.29 is 68.1 Å². The Bertz CT molecular complexity index is 2640. The minimum absolute atomic E-state index is 0.0456. The Morgan fingerprint density at radius 1 is 0.525 bits per heavy atom. The van der Waals surface area contributed by atoms with E-state index in [4.69, 9.17) is 11.5 Å². The van der Waals surface area contributed by atoms with Gasteiger partial charge in [-0.15, -0.1) is 0 Å². The molecule has 440 valence electrons. The smallest absolute Gasteiger partial charge is 0.326 e. The predicted molar refractivity (Wildman–Crippen MR) is 294 cm³/mol. The molecule has 0 aliphatic heterocycles. The first-order valence-corrected chi connectivity index (χ1v) is 26.7. The van der Waals surface area contributed by atoms with E-state index in [1.807, 2.05) is 38.1 Å². The summed E-state index contributed by atoms with van der Waals surface area (Å²) in [5.41, 5.74) is 13.5. The van der Waals surface area contributed by atoms with Crippen LogP contribution in [0.4, 0.5) is 0 Å². The zero-order chi connectivity index (χ0) is 60.0. The molecule has 25 heteroatoms. The Morgan fingerprint density at radius 2 is 0.950 bits per heavy atom. The van der Waals surface area contributed by atoms with E-state index in [1.54, 1.807) is 47.7 Å². The Hall–Kier alpha value is -8.09. The molecule has 0 aliphatic rings. The predicted octanol–water partition coefficient (Wildman–Crippen LogP) is 0.505. The molecule has 3 rings (SSSR count). The molecule has 0 unspecified atom stereocenters. The first-order valence-electron chi connectivity index (χ1n) is 26.7. The second-order valence-electron chi connectivity index (χ2n) is 21.7. The van der Waals surface area contributed by atoms with Crippen molar-refractivity contribution in [3.05, 3.63) is 65.9 Å². The molecule has 0 radical (unpaired) electrons. The summed E-state index contributed by atoms with van der Waals surface area (Å²) >= 11 is 0. The molecule has 1 aromatic heterocycles. The zero-order valence-electron chi connectivity index (χ0n) is 46.7. The lowest BCUT2D eigenvalue weighted by Crippen LogP contribution is -2.60. The van der Waals surface area contributed by atoms with Crippen molar-refractivity contribution in [2.45, 2.75) is 162 Å². The number of fused-ring (bicyclic) bond motifs is 1. The normalized spacial score (nSPS) is 14.4. The van der Waals surface area contributed by atoms with Crippen LogP contribution < -0.4 is 54.0 Å². The van der Waals surface area contributed by atoms with Crippen molar-refractivity contribution in [3.63, 3.8) is 0 Å². The maximum Gasteiger partial charge on any atom is 0.326 e. The average molecular weight is 1120 g/mol. The van der Waals surface area contributed by atoms with Crippen LogP contribution in [0.3, 0.4) is 0 Å². The summed E-state index contributed by atoms with van der Waals surface area (Å²) in [4.78, 5) is 149. The van der Waals surface area contributed by atoms with E-state index >= 15 is 0 Å². The van der Waals surface area contributed by atoms with Crippen LogP contribution in [0, 0.1) is 23.7 Å². The molecule has 8 atom stereocenters. The molecule has 1 heterocycles. The molecule has 3 aromatic rings. The van der Waals surface area contributed by atoms with Crippen LogP contribution in [0.5, 0.6) is 5.75 Å². The Labute approximate surface area is 465 Å². The maximum atomic E-state index is 14.5. The van der Waals surface area contributed by atoms with Crippen LogP contribution in [0.25, 0.3) is 10.9 Å². The number of aromatic nitrogens is 1. The number of amides is 9. The van der Waals surface area contributed by atoms with Gasteiger partial charge in [0.15, 0.2) is 0 Å². The summed E-state index contributed by atoms with van der Waals surface area (Å²) in [7, 11) is 0. The number of para-hydroxylation sites is 1. The van der Waals surface area contributed by atoms with E-state index in [0.717, 1.165) is 16.5 Å². The molecule has 16 N–H and O–H groups in total. The van der Waals surface area contributed by atoms with Gasteiger partial charge in [0.1, 0.15) is 48.0 Å². The molecular formula is C55H81N11O14. The van der Waals surface area contributed by atoms with Crippen LogP contribution in [0.2, 0.25) is 0 Å². The molecule has 25 nitrogen and oxygen atoms in total. The molecule has 0 spiro atoms. The van der Waals surface area contributed by atoms with Crippen molar-refractivity contribution in [2.24, 2.45) is 35.1 Å². The Balaban J connectivity index is 1.86. The first-order chi connectivity index (χ1) is 37.5. The summed E-state index contributed by atoms with van der Waals surface area (Å²) in [6, 6.07) is 2.14. The number of aromatic amines is 1. The van der Waals surface area contributed by atoms with Crippen molar-refractivity contribution in [1.82, 2.24) is 47.5 Å². The van der Waals surface area contributed by atoms with Gasteiger partial charge in [0.05, 0.1) is 19.0 Å². The number of phenolic OH excluding ortho intramolecular Hbond substituents is 1. The van der Waals surface area contributed by atoms with E-state index in [2.05, 4.69) is 47.5 Å². The van der Waals surface area contributed by atoms with Gasteiger partial charge in [-0.2, -0.15) is 0 Å². The van der Waals surface area contributed by atoms with Crippen LogP contribution >= 0.6 is 0 Å². The van der Waals surface area contributed by atoms with E-state index in [0.29, 0.717) is 5.56 Å². The van der Waals surface area contributed by atoms with Crippen LogP contribution in [0.15, 0.2) is 54.7 Å². The monoisotopic (exact) mass is 1120 g/mol. The van der Waals surface area contributed by atoms with Gasteiger partial charge in [-0.3, -0.25) is 47.9 Å². The van der Waals surface area contributed by atoms with Crippen LogP contribution in [-0.2, 0) is 65.6 Å². The number of aromatic hydroxyl groups is 1. The molecule has 2 aromatic carbocycles. The molecule has 80 heavy (non-hydrogen) atoms. The van der Waals surface area contributed by atoms with Gasteiger partial charge in [0.2, 0.25) is 53.2 Å². The number of hydrogen-bond donors (Lipinski definition) is 14. The third kappa shape index (κ3) is 23.1. The number of phenols is 1. The summed E-state index contributed by atoms with van der Waals surface area (Å²) in [5, 5.41) is 50.5. The van der Waals surface area contributed by atoms with Crippen molar-refractivity contribution >= 4 is 76.0 Å². The van der Waals surface area contributed by atoms with E-state index < -0.39 is 139 Å². The number of primary amides is 1.